The van der Waals surface area contributed by atoms with Gasteiger partial charge in [0, 0.05) is 17.9 Å². The first-order chi connectivity index (χ1) is 12.2. The summed E-state index contributed by atoms with van der Waals surface area (Å²) in [6.07, 6.45) is 4.82. The second-order valence-electron chi connectivity index (χ2n) is 6.69. The summed E-state index contributed by atoms with van der Waals surface area (Å²) in [4.78, 5) is 17.0. The summed E-state index contributed by atoms with van der Waals surface area (Å²) < 4.78 is 1.95. The van der Waals surface area contributed by atoms with Crippen LogP contribution in [-0.4, -0.2) is 26.7 Å². The molecule has 5 heteroatoms. The third-order valence-electron chi connectivity index (χ3n) is 4.94. The number of para-hydroxylation sites is 1. The van der Waals surface area contributed by atoms with Crippen LogP contribution in [0.3, 0.4) is 0 Å². The van der Waals surface area contributed by atoms with E-state index in [-0.39, 0.29) is 30.5 Å². The maximum atomic E-state index is 12.6. The first-order valence-corrected chi connectivity index (χ1v) is 8.63. The van der Waals surface area contributed by atoms with Crippen molar-refractivity contribution < 1.29 is 9.90 Å². The fourth-order valence-electron chi connectivity index (χ4n) is 3.55. The fourth-order valence-corrected chi connectivity index (χ4v) is 3.55. The summed E-state index contributed by atoms with van der Waals surface area (Å²) in [5.41, 5.74) is 1.90. The van der Waals surface area contributed by atoms with Crippen molar-refractivity contribution in [3.8, 4) is 0 Å². The van der Waals surface area contributed by atoms with Crippen molar-refractivity contribution in [1.29, 1.82) is 0 Å². The van der Waals surface area contributed by atoms with Crippen molar-refractivity contribution in [2.75, 3.05) is 0 Å². The van der Waals surface area contributed by atoms with E-state index >= 15 is 0 Å². The topological polar surface area (TPSA) is 67.2 Å². The SMILES string of the molecule is O=C(Cn1ccc2ccccc21)N[C@H](c1ccccn1)C1CC(O)C1. The number of carbonyl (C=O) groups excluding carboxylic acids is 1. The van der Waals surface area contributed by atoms with Gasteiger partial charge in [-0.2, -0.15) is 0 Å². The van der Waals surface area contributed by atoms with E-state index in [1.54, 1.807) is 6.20 Å². The molecule has 0 saturated heterocycles. The molecule has 1 fully saturated rings. The van der Waals surface area contributed by atoms with Crippen LogP contribution in [-0.2, 0) is 11.3 Å². The van der Waals surface area contributed by atoms with Gasteiger partial charge in [0.05, 0.1) is 17.8 Å². The molecule has 0 aliphatic heterocycles. The van der Waals surface area contributed by atoms with Crippen molar-refractivity contribution >= 4 is 16.8 Å². The summed E-state index contributed by atoms with van der Waals surface area (Å²) in [7, 11) is 0. The zero-order chi connectivity index (χ0) is 17.2. The standard InChI is InChI=1S/C20H21N3O2/c24-16-11-15(12-16)20(17-6-3-4-9-21-17)22-19(25)13-23-10-8-14-5-1-2-7-18(14)23/h1-10,15-16,20,24H,11-13H2,(H,22,25)/t15?,16?,20-/m0/s1. The van der Waals surface area contributed by atoms with Crippen LogP contribution in [0.2, 0.25) is 0 Å². The Hall–Kier alpha value is -2.66. The molecule has 3 aromatic rings. The summed E-state index contributed by atoms with van der Waals surface area (Å²) in [6.45, 7) is 0.270. The molecule has 0 unspecified atom stereocenters. The maximum absolute atomic E-state index is 12.6. The Morgan fingerprint density at radius 3 is 2.76 bits per heavy atom. The largest absolute Gasteiger partial charge is 0.393 e. The molecule has 1 aromatic carbocycles. The molecule has 2 aromatic heterocycles. The average Bonchev–Trinajstić information content (AvgIpc) is 3.01. The molecule has 25 heavy (non-hydrogen) atoms. The van der Waals surface area contributed by atoms with Gasteiger partial charge < -0.3 is 15.0 Å². The zero-order valence-corrected chi connectivity index (χ0v) is 13.9. The monoisotopic (exact) mass is 335 g/mol. The van der Waals surface area contributed by atoms with Crippen LogP contribution in [0.4, 0.5) is 0 Å². The van der Waals surface area contributed by atoms with E-state index in [0.29, 0.717) is 12.8 Å². The maximum Gasteiger partial charge on any atom is 0.240 e. The van der Waals surface area contributed by atoms with Gasteiger partial charge in [0.15, 0.2) is 0 Å². The third-order valence-corrected chi connectivity index (χ3v) is 4.94. The predicted octanol–water partition coefficient (Wildman–Crippen LogP) is 2.66. The molecule has 1 aliphatic carbocycles. The second kappa shape index (κ2) is 6.69. The number of nitrogens with zero attached hydrogens (tertiary/aromatic N) is 2. The predicted molar refractivity (Wildman–Crippen MR) is 95.8 cm³/mol. The number of aliphatic hydroxyl groups excluding tert-OH is 1. The molecule has 128 valence electrons. The molecule has 0 radical (unpaired) electrons. The fraction of sp³-hybridized carbons (Fsp3) is 0.300. The number of pyridine rings is 1. The minimum Gasteiger partial charge on any atom is -0.393 e. The number of rotatable bonds is 5. The van der Waals surface area contributed by atoms with Crippen LogP contribution < -0.4 is 5.32 Å². The molecule has 1 aliphatic rings. The van der Waals surface area contributed by atoms with E-state index in [1.165, 1.54) is 0 Å². The van der Waals surface area contributed by atoms with Crippen molar-refractivity contribution in [1.82, 2.24) is 14.9 Å². The van der Waals surface area contributed by atoms with Gasteiger partial charge >= 0.3 is 0 Å². The molecule has 2 heterocycles. The molecule has 0 spiro atoms. The van der Waals surface area contributed by atoms with Crippen molar-refractivity contribution in [3.05, 3.63) is 66.6 Å². The number of aliphatic hydroxyl groups is 1. The van der Waals surface area contributed by atoms with E-state index in [9.17, 15) is 9.90 Å². The van der Waals surface area contributed by atoms with Gasteiger partial charge in [-0.15, -0.1) is 0 Å². The number of hydrogen-bond donors (Lipinski definition) is 2. The highest BCUT2D eigenvalue weighted by molar-refractivity contribution is 5.83. The van der Waals surface area contributed by atoms with Crippen molar-refractivity contribution in [3.63, 3.8) is 0 Å². The summed E-state index contributed by atoms with van der Waals surface area (Å²) in [5, 5.41) is 13.9. The van der Waals surface area contributed by atoms with Gasteiger partial charge in [0.2, 0.25) is 5.91 Å². The van der Waals surface area contributed by atoms with Crippen molar-refractivity contribution in [2.45, 2.75) is 31.5 Å². The van der Waals surface area contributed by atoms with Gasteiger partial charge in [-0.1, -0.05) is 24.3 Å². The van der Waals surface area contributed by atoms with Crippen molar-refractivity contribution in [2.24, 2.45) is 5.92 Å². The molecule has 1 atom stereocenters. The van der Waals surface area contributed by atoms with E-state index in [2.05, 4.69) is 10.3 Å². The number of amides is 1. The molecule has 1 saturated carbocycles. The molecular formula is C20H21N3O2. The Morgan fingerprint density at radius 2 is 2.00 bits per heavy atom. The first-order valence-electron chi connectivity index (χ1n) is 8.63. The Bertz CT molecular complexity index is 869. The number of fused-ring (bicyclic) bond motifs is 1. The Labute approximate surface area is 146 Å². The van der Waals surface area contributed by atoms with E-state index in [4.69, 9.17) is 0 Å². The lowest BCUT2D eigenvalue weighted by molar-refractivity contribution is -0.123. The highest BCUT2D eigenvalue weighted by Gasteiger charge is 2.36. The number of benzene rings is 1. The van der Waals surface area contributed by atoms with Crippen LogP contribution in [0.15, 0.2) is 60.9 Å². The van der Waals surface area contributed by atoms with Gasteiger partial charge in [0.25, 0.3) is 0 Å². The highest BCUT2D eigenvalue weighted by atomic mass is 16.3. The van der Waals surface area contributed by atoms with E-state index < -0.39 is 0 Å². The minimum atomic E-state index is -0.262. The number of carbonyl (C=O) groups is 1. The Balaban J connectivity index is 1.50. The lowest BCUT2D eigenvalue weighted by Gasteiger charge is -2.37. The molecule has 5 nitrogen and oxygen atoms in total. The van der Waals surface area contributed by atoms with Gasteiger partial charge in [-0.05, 0) is 48.4 Å². The molecular weight excluding hydrogens is 314 g/mol. The Morgan fingerprint density at radius 1 is 1.20 bits per heavy atom. The number of nitrogens with one attached hydrogen (secondary N) is 1. The van der Waals surface area contributed by atoms with Crippen LogP contribution in [0.1, 0.15) is 24.6 Å². The normalized spacial score (nSPS) is 20.8. The molecule has 0 bridgehead atoms. The molecule has 1 amide bonds. The Kier molecular flexibility index (Phi) is 4.24. The third kappa shape index (κ3) is 3.28. The number of hydrogen-bond acceptors (Lipinski definition) is 3. The van der Waals surface area contributed by atoms with Gasteiger partial charge in [-0.3, -0.25) is 9.78 Å². The zero-order valence-electron chi connectivity index (χ0n) is 13.9. The highest BCUT2D eigenvalue weighted by Crippen LogP contribution is 2.37. The smallest absolute Gasteiger partial charge is 0.240 e. The quantitative estimate of drug-likeness (QED) is 0.753. The van der Waals surface area contributed by atoms with Crippen LogP contribution in [0.5, 0.6) is 0 Å². The average molecular weight is 335 g/mol. The minimum absolute atomic E-state index is 0.0432. The lowest BCUT2D eigenvalue weighted by atomic mass is 9.76. The number of aromatic nitrogens is 2. The van der Waals surface area contributed by atoms with Crippen LogP contribution in [0.25, 0.3) is 10.9 Å². The van der Waals surface area contributed by atoms with Crippen LogP contribution >= 0.6 is 0 Å². The van der Waals surface area contributed by atoms with Crippen LogP contribution in [0, 0.1) is 5.92 Å². The van der Waals surface area contributed by atoms with E-state index in [0.717, 1.165) is 16.6 Å². The van der Waals surface area contributed by atoms with E-state index in [1.807, 2.05) is 59.3 Å². The van der Waals surface area contributed by atoms with Gasteiger partial charge in [-0.25, -0.2) is 0 Å². The summed E-state index contributed by atoms with van der Waals surface area (Å²) >= 11 is 0. The summed E-state index contributed by atoms with van der Waals surface area (Å²) in [6, 6.07) is 15.6. The first kappa shape index (κ1) is 15.8. The lowest BCUT2D eigenvalue weighted by Crippen LogP contribution is -2.42. The van der Waals surface area contributed by atoms with Gasteiger partial charge in [0.1, 0.15) is 6.54 Å². The molecule has 2 N–H and O–H groups in total. The second-order valence-corrected chi connectivity index (χ2v) is 6.69. The summed E-state index contributed by atoms with van der Waals surface area (Å²) in [5.74, 6) is 0.189. The molecule has 4 rings (SSSR count).